The van der Waals surface area contributed by atoms with E-state index < -0.39 is 0 Å². The zero-order valence-electron chi connectivity index (χ0n) is 14.9. The van der Waals surface area contributed by atoms with Gasteiger partial charge in [-0.25, -0.2) is 0 Å². The Morgan fingerprint density at radius 2 is 1.96 bits per heavy atom. The zero-order valence-corrected chi connectivity index (χ0v) is 14.9. The number of carbonyl (C=O) groups excluding carboxylic acids is 1. The van der Waals surface area contributed by atoms with E-state index in [-0.39, 0.29) is 5.41 Å². The molecule has 0 bridgehead atoms. The Labute approximate surface area is 153 Å². The third-order valence-electron chi connectivity index (χ3n) is 6.09. The summed E-state index contributed by atoms with van der Waals surface area (Å²) >= 11 is 0. The van der Waals surface area contributed by atoms with E-state index >= 15 is 0 Å². The van der Waals surface area contributed by atoms with Crippen LogP contribution in [0.15, 0.2) is 30.3 Å². The molecule has 1 aliphatic carbocycles. The van der Waals surface area contributed by atoms with Gasteiger partial charge in [0.2, 0.25) is 11.9 Å². The van der Waals surface area contributed by atoms with Gasteiger partial charge in [0.1, 0.15) is 0 Å². The molecule has 1 saturated carbocycles. The second kappa shape index (κ2) is 6.07. The normalized spacial score (nSPS) is 26.1. The Kier molecular flexibility index (Phi) is 3.69. The molecular formula is C19H24N6O. The molecule has 3 aliphatic rings. The Morgan fingerprint density at radius 3 is 2.77 bits per heavy atom. The number of para-hydroxylation sites is 1. The van der Waals surface area contributed by atoms with Gasteiger partial charge in [-0.2, -0.15) is 4.68 Å². The monoisotopic (exact) mass is 352 g/mol. The standard InChI is InChI=1S/C19H24N6O/c26-17-19(9-4-11-23(17)13-15-7-8-15)10-12-24(14-19)18-20-21-22-25(18)16-5-2-1-3-6-16/h1-3,5-6,15H,4,7-14H2/t19-/m1/s1. The number of carbonyl (C=O) groups is 1. The average Bonchev–Trinajstić information content (AvgIpc) is 3.19. The highest BCUT2D eigenvalue weighted by Gasteiger charge is 2.49. The highest BCUT2D eigenvalue weighted by molar-refractivity contribution is 5.85. The molecule has 136 valence electrons. The fraction of sp³-hybridized carbons (Fsp3) is 0.579. The molecule has 3 fully saturated rings. The molecule has 1 amide bonds. The van der Waals surface area contributed by atoms with Crippen LogP contribution in [0.4, 0.5) is 5.95 Å². The van der Waals surface area contributed by atoms with Crippen molar-refractivity contribution >= 4 is 11.9 Å². The minimum absolute atomic E-state index is 0.249. The number of benzene rings is 1. The van der Waals surface area contributed by atoms with Crippen LogP contribution in [0, 0.1) is 11.3 Å². The van der Waals surface area contributed by atoms with Gasteiger partial charge >= 0.3 is 0 Å². The van der Waals surface area contributed by atoms with Crippen LogP contribution in [0.1, 0.15) is 32.1 Å². The smallest absolute Gasteiger partial charge is 0.250 e. The maximum atomic E-state index is 13.2. The third-order valence-corrected chi connectivity index (χ3v) is 6.09. The minimum atomic E-state index is -0.249. The van der Waals surface area contributed by atoms with Crippen LogP contribution in [-0.4, -0.2) is 57.2 Å². The summed E-state index contributed by atoms with van der Waals surface area (Å²) in [5.74, 6) is 1.84. The second-order valence-corrected chi connectivity index (χ2v) is 7.98. The Bertz CT molecular complexity index is 801. The van der Waals surface area contributed by atoms with Crippen molar-refractivity contribution in [1.82, 2.24) is 25.1 Å². The lowest BCUT2D eigenvalue weighted by Gasteiger charge is -2.39. The minimum Gasteiger partial charge on any atom is -0.342 e. The first kappa shape index (κ1) is 15.8. The molecule has 2 aromatic rings. The molecule has 0 radical (unpaired) electrons. The Balaban J connectivity index is 1.37. The molecule has 7 heteroatoms. The number of amides is 1. The maximum Gasteiger partial charge on any atom is 0.250 e. The molecule has 3 heterocycles. The first-order valence-corrected chi connectivity index (χ1v) is 9.63. The second-order valence-electron chi connectivity index (χ2n) is 7.98. The predicted molar refractivity (Wildman–Crippen MR) is 97.0 cm³/mol. The number of hydrogen-bond acceptors (Lipinski definition) is 5. The van der Waals surface area contributed by atoms with E-state index in [0.29, 0.717) is 5.91 Å². The van der Waals surface area contributed by atoms with Gasteiger partial charge in [-0.15, -0.1) is 0 Å². The average molecular weight is 352 g/mol. The molecule has 0 N–H and O–H groups in total. The van der Waals surface area contributed by atoms with E-state index in [1.54, 1.807) is 4.68 Å². The van der Waals surface area contributed by atoms with Crippen LogP contribution in [0.25, 0.3) is 5.69 Å². The summed E-state index contributed by atoms with van der Waals surface area (Å²) in [4.78, 5) is 17.5. The molecule has 0 unspecified atom stereocenters. The molecule has 1 atom stereocenters. The van der Waals surface area contributed by atoms with E-state index in [9.17, 15) is 4.79 Å². The lowest BCUT2D eigenvalue weighted by molar-refractivity contribution is -0.145. The van der Waals surface area contributed by atoms with Gasteiger partial charge in [0, 0.05) is 26.2 Å². The van der Waals surface area contributed by atoms with Crippen molar-refractivity contribution in [2.24, 2.45) is 11.3 Å². The van der Waals surface area contributed by atoms with E-state index in [0.717, 1.165) is 63.0 Å². The number of piperidine rings is 1. The van der Waals surface area contributed by atoms with Gasteiger partial charge in [-0.1, -0.05) is 23.3 Å². The zero-order chi connectivity index (χ0) is 17.6. The van der Waals surface area contributed by atoms with Crippen LogP contribution in [0.3, 0.4) is 0 Å². The number of tetrazole rings is 1. The largest absolute Gasteiger partial charge is 0.342 e. The lowest BCUT2D eigenvalue weighted by Crippen LogP contribution is -2.50. The molecule has 26 heavy (non-hydrogen) atoms. The van der Waals surface area contributed by atoms with Gasteiger partial charge in [0.15, 0.2) is 0 Å². The lowest BCUT2D eigenvalue weighted by atomic mass is 9.78. The van der Waals surface area contributed by atoms with Crippen LogP contribution < -0.4 is 4.90 Å². The number of likely N-dealkylation sites (tertiary alicyclic amines) is 1. The van der Waals surface area contributed by atoms with Crippen molar-refractivity contribution in [2.75, 3.05) is 31.1 Å². The van der Waals surface area contributed by atoms with Crippen molar-refractivity contribution in [2.45, 2.75) is 32.1 Å². The maximum absolute atomic E-state index is 13.2. The van der Waals surface area contributed by atoms with Gasteiger partial charge in [0.25, 0.3) is 0 Å². The van der Waals surface area contributed by atoms with Gasteiger partial charge < -0.3 is 9.80 Å². The molecule has 7 nitrogen and oxygen atoms in total. The number of aromatic nitrogens is 4. The van der Waals surface area contributed by atoms with Crippen molar-refractivity contribution in [1.29, 1.82) is 0 Å². The summed E-state index contributed by atoms with van der Waals surface area (Å²) in [5.41, 5.74) is 0.694. The number of rotatable bonds is 4. The van der Waals surface area contributed by atoms with Crippen LogP contribution in [0.2, 0.25) is 0 Å². The summed E-state index contributed by atoms with van der Waals surface area (Å²) in [6.07, 6.45) is 5.56. The highest BCUT2D eigenvalue weighted by atomic mass is 16.2. The summed E-state index contributed by atoms with van der Waals surface area (Å²) in [6, 6.07) is 9.93. The summed E-state index contributed by atoms with van der Waals surface area (Å²) in [5, 5.41) is 12.3. The molecule has 2 aliphatic heterocycles. The van der Waals surface area contributed by atoms with Crippen LogP contribution in [0.5, 0.6) is 0 Å². The van der Waals surface area contributed by atoms with Gasteiger partial charge in [-0.05, 0) is 60.6 Å². The summed E-state index contributed by atoms with van der Waals surface area (Å²) < 4.78 is 1.77. The van der Waals surface area contributed by atoms with Crippen LogP contribution in [-0.2, 0) is 4.79 Å². The van der Waals surface area contributed by atoms with E-state index in [4.69, 9.17) is 0 Å². The first-order chi connectivity index (χ1) is 12.8. The first-order valence-electron chi connectivity index (χ1n) is 9.63. The fourth-order valence-corrected chi connectivity index (χ4v) is 4.48. The van der Waals surface area contributed by atoms with Crippen molar-refractivity contribution in [3.05, 3.63) is 30.3 Å². The third kappa shape index (κ3) is 2.66. The van der Waals surface area contributed by atoms with Crippen LogP contribution >= 0.6 is 0 Å². The molecule has 1 aromatic heterocycles. The SMILES string of the molecule is O=C1N(CC2CC2)CCC[C@]12CCN(c1nnnn1-c1ccccc1)C2. The topological polar surface area (TPSA) is 67.2 Å². The number of anilines is 1. The van der Waals surface area contributed by atoms with Crippen molar-refractivity contribution in [3.63, 3.8) is 0 Å². The quantitative estimate of drug-likeness (QED) is 0.841. The highest BCUT2D eigenvalue weighted by Crippen LogP contribution is 2.42. The Hall–Kier alpha value is -2.44. The van der Waals surface area contributed by atoms with Crippen molar-refractivity contribution in [3.8, 4) is 5.69 Å². The van der Waals surface area contributed by atoms with E-state index in [1.165, 1.54) is 12.8 Å². The molecular weight excluding hydrogens is 328 g/mol. The molecule has 1 spiro atoms. The fourth-order valence-electron chi connectivity index (χ4n) is 4.48. The molecule has 5 rings (SSSR count). The van der Waals surface area contributed by atoms with Crippen molar-refractivity contribution < 1.29 is 4.79 Å². The van der Waals surface area contributed by atoms with Gasteiger partial charge in [-0.3, -0.25) is 4.79 Å². The Morgan fingerprint density at radius 1 is 1.12 bits per heavy atom. The number of hydrogen-bond donors (Lipinski definition) is 0. The predicted octanol–water partition coefficient (Wildman–Crippen LogP) is 1.89. The summed E-state index contributed by atoms with van der Waals surface area (Å²) in [6.45, 7) is 3.44. The van der Waals surface area contributed by atoms with Gasteiger partial charge in [0.05, 0.1) is 11.1 Å². The number of nitrogens with zero attached hydrogens (tertiary/aromatic N) is 6. The molecule has 2 saturated heterocycles. The van der Waals surface area contributed by atoms with E-state index in [2.05, 4.69) is 25.3 Å². The molecule has 1 aromatic carbocycles. The summed E-state index contributed by atoms with van der Waals surface area (Å²) in [7, 11) is 0. The van der Waals surface area contributed by atoms with E-state index in [1.807, 2.05) is 30.3 Å².